The molecule has 1 aromatic rings. The number of hydrogen-bond acceptors (Lipinski definition) is 4. The first-order chi connectivity index (χ1) is 11.7. The Bertz CT molecular complexity index is 540. The molecule has 1 aliphatic carbocycles. The minimum atomic E-state index is -0.186. The van der Waals surface area contributed by atoms with E-state index in [0.717, 1.165) is 37.9 Å². The fourth-order valence-corrected chi connectivity index (χ4v) is 3.35. The number of pyridine rings is 1. The van der Waals surface area contributed by atoms with Crippen LogP contribution in [-0.2, 0) is 11.3 Å². The molecule has 6 nitrogen and oxygen atoms in total. The molecule has 2 fully saturated rings. The summed E-state index contributed by atoms with van der Waals surface area (Å²) in [7, 11) is 0. The lowest BCUT2D eigenvalue weighted by atomic mass is 10.1. The van der Waals surface area contributed by atoms with Crippen LogP contribution in [0, 0.1) is 0 Å². The summed E-state index contributed by atoms with van der Waals surface area (Å²) in [5, 5.41) is 5.84. The molecule has 2 heterocycles. The third-order valence-corrected chi connectivity index (χ3v) is 4.75. The van der Waals surface area contributed by atoms with Crippen molar-refractivity contribution in [1.29, 1.82) is 0 Å². The lowest BCUT2D eigenvalue weighted by molar-refractivity contribution is 0.0860. The average molecular weight is 333 g/mol. The van der Waals surface area contributed by atoms with Gasteiger partial charge in [0.2, 0.25) is 5.88 Å². The standard InChI is InChI=1S/C18H27N3O3/c1-13(16-9-5-11-23-16)21-18(22)20-12-14-6-4-10-19-17(14)24-15-7-2-3-8-15/h4,6,10,13,15-16H,2-3,5,7-9,11-12H2,1H3,(H2,20,21,22)/t13-,16+/m0/s1. The summed E-state index contributed by atoms with van der Waals surface area (Å²) in [5.41, 5.74) is 0.907. The van der Waals surface area contributed by atoms with Gasteiger partial charge in [-0.2, -0.15) is 0 Å². The Hall–Kier alpha value is -1.82. The van der Waals surface area contributed by atoms with Crippen LogP contribution in [0.1, 0.15) is 51.0 Å². The highest BCUT2D eigenvalue weighted by atomic mass is 16.5. The van der Waals surface area contributed by atoms with Gasteiger partial charge in [0.1, 0.15) is 6.10 Å². The van der Waals surface area contributed by atoms with Gasteiger partial charge in [0.05, 0.1) is 12.1 Å². The molecule has 1 saturated heterocycles. The summed E-state index contributed by atoms with van der Waals surface area (Å²) >= 11 is 0. The SMILES string of the molecule is C[C@H](NC(=O)NCc1cccnc1OC1CCCC1)[C@H]1CCCO1. The van der Waals surface area contributed by atoms with Crippen molar-refractivity contribution >= 4 is 6.03 Å². The van der Waals surface area contributed by atoms with Gasteiger partial charge in [0.15, 0.2) is 0 Å². The van der Waals surface area contributed by atoms with Gasteiger partial charge in [-0.1, -0.05) is 6.07 Å². The molecule has 2 atom stereocenters. The van der Waals surface area contributed by atoms with E-state index >= 15 is 0 Å². The quantitative estimate of drug-likeness (QED) is 0.840. The van der Waals surface area contributed by atoms with Gasteiger partial charge >= 0.3 is 6.03 Å². The van der Waals surface area contributed by atoms with Crippen LogP contribution in [0.2, 0.25) is 0 Å². The van der Waals surface area contributed by atoms with Crippen LogP contribution in [0.3, 0.4) is 0 Å². The highest BCUT2D eigenvalue weighted by Gasteiger charge is 2.23. The second kappa shape index (κ2) is 8.33. The molecule has 1 aliphatic heterocycles. The minimum Gasteiger partial charge on any atom is -0.474 e. The van der Waals surface area contributed by atoms with Crippen molar-refractivity contribution in [1.82, 2.24) is 15.6 Å². The molecule has 0 aromatic carbocycles. The lowest BCUT2D eigenvalue weighted by Gasteiger charge is -2.20. The first kappa shape index (κ1) is 17.0. The molecule has 24 heavy (non-hydrogen) atoms. The molecule has 0 unspecified atom stereocenters. The van der Waals surface area contributed by atoms with E-state index in [1.165, 1.54) is 12.8 Å². The molecule has 132 valence electrons. The molecule has 0 radical (unpaired) electrons. The van der Waals surface area contributed by atoms with Crippen molar-refractivity contribution in [2.45, 2.75) is 70.2 Å². The number of nitrogens with one attached hydrogen (secondary N) is 2. The van der Waals surface area contributed by atoms with Crippen LogP contribution in [0.25, 0.3) is 0 Å². The van der Waals surface area contributed by atoms with E-state index in [-0.39, 0.29) is 24.3 Å². The summed E-state index contributed by atoms with van der Waals surface area (Å²) < 4.78 is 11.6. The Morgan fingerprint density at radius 1 is 1.38 bits per heavy atom. The number of nitrogens with zero attached hydrogens (tertiary/aromatic N) is 1. The van der Waals surface area contributed by atoms with E-state index in [2.05, 4.69) is 15.6 Å². The summed E-state index contributed by atoms with van der Waals surface area (Å²) in [4.78, 5) is 16.4. The van der Waals surface area contributed by atoms with Crippen LogP contribution in [0.4, 0.5) is 4.79 Å². The smallest absolute Gasteiger partial charge is 0.315 e. The summed E-state index contributed by atoms with van der Waals surface area (Å²) in [6, 6.07) is 3.64. The third kappa shape index (κ3) is 4.60. The van der Waals surface area contributed by atoms with Crippen LogP contribution in [0.15, 0.2) is 18.3 Å². The second-order valence-electron chi connectivity index (χ2n) is 6.66. The Morgan fingerprint density at radius 2 is 2.21 bits per heavy atom. The zero-order chi connectivity index (χ0) is 16.8. The second-order valence-corrected chi connectivity index (χ2v) is 6.66. The van der Waals surface area contributed by atoms with Gasteiger partial charge in [-0.05, 0) is 51.5 Å². The third-order valence-electron chi connectivity index (χ3n) is 4.75. The first-order valence-electron chi connectivity index (χ1n) is 8.99. The molecule has 3 rings (SSSR count). The van der Waals surface area contributed by atoms with Gasteiger partial charge in [0.25, 0.3) is 0 Å². The van der Waals surface area contributed by atoms with Crippen LogP contribution < -0.4 is 15.4 Å². The molecular weight excluding hydrogens is 306 g/mol. The van der Waals surface area contributed by atoms with E-state index in [9.17, 15) is 4.79 Å². The summed E-state index contributed by atoms with van der Waals surface area (Å²) in [6.45, 7) is 3.17. The molecule has 1 aromatic heterocycles. The van der Waals surface area contributed by atoms with Crippen molar-refractivity contribution in [3.8, 4) is 5.88 Å². The minimum absolute atomic E-state index is 0.00982. The number of aromatic nitrogens is 1. The van der Waals surface area contributed by atoms with Gasteiger partial charge in [-0.15, -0.1) is 0 Å². The summed E-state index contributed by atoms with van der Waals surface area (Å²) in [5.74, 6) is 0.636. The van der Waals surface area contributed by atoms with E-state index < -0.39 is 0 Å². The number of hydrogen-bond donors (Lipinski definition) is 2. The highest BCUT2D eigenvalue weighted by molar-refractivity contribution is 5.74. The van der Waals surface area contributed by atoms with E-state index in [1.54, 1.807) is 6.20 Å². The van der Waals surface area contributed by atoms with E-state index in [4.69, 9.17) is 9.47 Å². The molecule has 6 heteroatoms. The topological polar surface area (TPSA) is 72.5 Å². The number of urea groups is 1. The Morgan fingerprint density at radius 3 is 2.96 bits per heavy atom. The van der Waals surface area contributed by atoms with Crippen molar-refractivity contribution in [2.75, 3.05) is 6.61 Å². The van der Waals surface area contributed by atoms with Gasteiger partial charge < -0.3 is 20.1 Å². The molecule has 2 N–H and O–H groups in total. The van der Waals surface area contributed by atoms with Crippen molar-refractivity contribution in [3.63, 3.8) is 0 Å². The Balaban J connectivity index is 1.49. The zero-order valence-electron chi connectivity index (χ0n) is 14.3. The van der Waals surface area contributed by atoms with E-state index in [0.29, 0.717) is 12.4 Å². The lowest BCUT2D eigenvalue weighted by Crippen LogP contribution is -2.45. The monoisotopic (exact) mass is 333 g/mol. The average Bonchev–Trinajstić information content (AvgIpc) is 3.27. The van der Waals surface area contributed by atoms with Crippen molar-refractivity contribution < 1.29 is 14.3 Å². The molecule has 2 amide bonds. The van der Waals surface area contributed by atoms with Crippen LogP contribution in [-0.4, -0.2) is 35.9 Å². The van der Waals surface area contributed by atoms with E-state index in [1.807, 2.05) is 19.1 Å². The number of carbonyl (C=O) groups is 1. The molecule has 0 spiro atoms. The Kier molecular flexibility index (Phi) is 5.91. The van der Waals surface area contributed by atoms with Crippen molar-refractivity contribution in [2.24, 2.45) is 0 Å². The van der Waals surface area contributed by atoms with Gasteiger partial charge in [-0.3, -0.25) is 0 Å². The predicted octanol–water partition coefficient (Wildman–Crippen LogP) is 2.77. The maximum Gasteiger partial charge on any atom is 0.315 e. The number of ether oxygens (including phenoxy) is 2. The predicted molar refractivity (Wildman–Crippen MR) is 90.9 cm³/mol. The number of rotatable bonds is 6. The molecule has 0 bridgehead atoms. The fraction of sp³-hybridized carbons (Fsp3) is 0.667. The highest BCUT2D eigenvalue weighted by Crippen LogP contribution is 2.24. The normalized spacial score (nSPS) is 22.3. The fourth-order valence-electron chi connectivity index (χ4n) is 3.35. The first-order valence-corrected chi connectivity index (χ1v) is 8.99. The number of amides is 2. The molecule has 2 aliphatic rings. The maximum atomic E-state index is 12.1. The van der Waals surface area contributed by atoms with Crippen LogP contribution in [0.5, 0.6) is 5.88 Å². The molecular formula is C18H27N3O3. The van der Waals surface area contributed by atoms with Crippen molar-refractivity contribution in [3.05, 3.63) is 23.9 Å². The van der Waals surface area contributed by atoms with Crippen LogP contribution >= 0.6 is 0 Å². The zero-order valence-corrected chi connectivity index (χ0v) is 14.3. The molecule has 1 saturated carbocycles. The maximum absolute atomic E-state index is 12.1. The summed E-state index contributed by atoms with van der Waals surface area (Å²) in [6.07, 6.45) is 8.78. The van der Waals surface area contributed by atoms with Gasteiger partial charge in [-0.25, -0.2) is 9.78 Å². The number of carbonyl (C=O) groups excluding carboxylic acids is 1. The Labute approximate surface area is 143 Å². The largest absolute Gasteiger partial charge is 0.474 e. The van der Waals surface area contributed by atoms with Gasteiger partial charge in [0, 0.05) is 24.9 Å².